The quantitative estimate of drug-likeness (QED) is 0.811. The van der Waals surface area contributed by atoms with Gasteiger partial charge in [-0.3, -0.25) is 4.90 Å². The Morgan fingerprint density at radius 1 is 1.67 bits per heavy atom. The summed E-state index contributed by atoms with van der Waals surface area (Å²) in [5.74, 6) is 0.976. The number of piperazine rings is 1. The summed E-state index contributed by atoms with van der Waals surface area (Å²) in [6.45, 7) is 8.34. The van der Waals surface area contributed by atoms with Crippen molar-refractivity contribution < 1.29 is 4.52 Å². The van der Waals surface area contributed by atoms with Crippen LogP contribution in [-0.4, -0.2) is 35.7 Å². The van der Waals surface area contributed by atoms with E-state index in [1.807, 2.05) is 13.0 Å². The number of aryl methyl sites for hydroxylation is 1. The molecule has 0 bridgehead atoms. The van der Waals surface area contributed by atoms with Crippen LogP contribution >= 0.6 is 0 Å². The van der Waals surface area contributed by atoms with Crippen LogP contribution in [0.2, 0.25) is 0 Å². The maximum atomic E-state index is 5.22. The van der Waals surface area contributed by atoms with Crippen molar-refractivity contribution in [1.82, 2.24) is 15.4 Å². The van der Waals surface area contributed by atoms with Gasteiger partial charge in [0.2, 0.25) is 0 Å². The monoisotopic (exact) mass is 209 g/mol. The molecule has 1 fully saturated rings. The molecule has 1 N–H and O–H groups in total. The van der Waals surface area contributed by atoms with Gasteiger partial charge in [0.25, 0.3) is 0 Å². The summed E-state index contributed by atoms with van der Waals surface area (Å²) < 4.78 is 5.22. The zero-order chi connectivity index (χ0) is 10.7. The van der Waals surface area contributed by atoms with Crippen LogP contribution in [0, 0.1) is 6.92 Å². The third-order valence-corrected chi connectivity index (χ3v) is 2.89. The molecule has 4 heteroatoms. The first-order chi connectivity index (χ1) is 7.28. The SMILES string of the molecule is CCC1CN(Cc2cc(C)no2)CCN1. The van der Waals surface area contributed by atoms with Gasteiger partial charge in [-0.05, 0) is 13.3 Å². The Morgan fingerprint density at radius 3 is 3.20 bits per heavy atom. The highest BCUT2D eigenvalue weighted by Gasteiger charge is 2.18. The van der Waals surface area contributed by atoms with E-state index in [4.69, 9.17) is 4.52 Å². The summed E-state index contributed by atoms with van der Waals surface area (Å²) in [5.41, 5.74) is 0.965. The molecule has 84 valence electrons. The van der Waals surface area contributed by atoms with Crippen molar-refractivity contribution in [2.45, 2.75) is 32.9 Å². The Labute approximate surface area is 90.6 Å². The highest BCUT2D eigenvalue weighted by Crippen LogP contribution is 2.09. The van der Waals surface area contributed by atoms with E-state index >= 15 is 0 Å². The number of nitrogens with one attached hydrogen (secondary N) is 1. The molecule has 1 saturated heterocycles. The minimum Gasteiger partial charge on any atom is -0.360 e. The third-order valence-electron chi connectivity index (χ3n) is 2.89. The van der Waals surface area contributed by atoms with Gasteiger partial charge < -0.3 is 9.84 Å². The van der Waals surface area contributed by atoms with Crippen molar-refractivity contribution >= 4 is 0 Å². The van der Waals surface area contributed by atoms with Crippen molar-refractivity contribution in [3.63, 3.8) is 0 Å². The van der Waals surface area contributed by atoms with Gasteiger partial charge in [0.15, 0.2) is 5.76 Å². The average Bonchev–Trinajstić information content (AvgIpc) is 2.64. The van der Waals surface area contributed by atoms with E-state index in [0.717, 1.165) is 37.6 Å². The summed E-state index contributed by atoms with van der Waals surface area (Å²) >= 11 is 0. The van der Waals surface area contributed by atoms with Crippen LogP contribution in [0.25, 0.3) is 0 Å². The van der Waals surface area contributed by atoms with Crippen molar-refractivity contribution in [3.8, 4) is 0 Å². The Balaban J connectivity index is 1.88. The van der Waals surface area contributed by atoms with Gasteiger partial charge in [-0.2, -0.15) is 0 Å². The predicted octanol–water partition coefficient (Wildman–Crippen LogP) is 1.17. The molecule has 0 amide bonds. The van der Waals surface area contributed by atoms with Gasteiger partial charge in [0, 0.05) is 31.7 Å². The molecule has 1 aromatic heterocycles. The topological polar surface area (TPSA) is 41.3 Å². The van der Waals surface area contributed by atoms with Gasteiger partial charge in [-0.25, -0.2) is 0 Å². The molecule has 2 rings (SSSR count). The largest absolute Gasteiger partial charge is 0.360 e. The van der Waals surface area contributed by atoms with Crippen LogP contribution in [0.4, 0.5) is 0 Å². The van der Waals surface area contributed by atoms with E-state index in [0.29, 0.717) is 6.04 Å². The zero-order valence-electron chi connectivity index (χ0n) is 9.49. The fourth-order valence-electron chi connectivity index (χ4n) is 2.02. The molecule has 0 saturated carbocycles. The summed E-state index contributed by atoms with van der Waals surface area (Å²) in [7, 11) is 0. The average molecular weight is 209 g/mol. The number of rotatable bonds is 3. The van der Waals surface area contributed by atoms with E-state index < -0.39 is 0 Å². The molecular formula is C11H19N3O. The van der Waals surface area contributed by atoms with Gasteiger partial charge in [0.05, 0.1) is 12.2 Å². The first kappa shape index (κ1) is 10.6. The number of aromatic nitrogens is 1. The highest BCUT2D eigenvalue weighted by molar-refractivity contribution is 5.03. The lowest BCUT2D eigenvalue weighted by atomic mass is 10.1. The number of hydrogen-bond acceptors (Lipinski definition) is 4. The molecule has 0 radical (unpaired) electrons. The van der Waals surface area contributed by atoms with Crippen molar-refractivity contribution in [2.75, 3.05) is 19.6 Å². The molecule has 1 aliphatic rings. The first-order valence-corrected chi connectivity index (χ1v) is 5.66. The van der Waals surface area contributed by atoms with Crippen LogP contribution in [0.15, 0.2) is 10.6 Å². The Kier molecular flexibility index (Phi) is 3.38. The maximum absolute atomic E-state index is 5.22. The molecule has 1 atom stereocenters. The number of hydrogen-bond donors (Lipinski definition) is 1. The van der Waals surface area contributed by atoms with Gasteiger partial charge in [0.1, 0.15) is 0 Å². The molecular weight excluding hydrogens is 190 g/mol. The predicted molar refractivity (Wildman–Crippen MR) is 58.6 cm³/mol. The molecule has 4 nitrogen and oxygen atoms in total. The molecule has 0 spiro atoms. The van der Waals surface area contributed by atoms with Crippen molar-refractivity contribution in [2.24, 2.45) is 0 Å². The second-order valence-corrected chi connectivity index (χ2v) is 4.23. The molecule has 0 aliphatic carbocycles. The Hall–Kier alpha value is -0.870. The smallest absolute Gasteiger partial charge is 0.150 e. The zero-order valence-corrected chi connectivity index (χ0v) is 9.49. The lowest BCUT2D eigenvalue weighted by Gasteiger charge is -2.32. The highest BCUT2D eigenvalue weighted by atomic mass is 16.5. The summed E-state index contributed by atoms with van der Waals surface area (Å²) in [6.07, 6.45) is 1.19. The molecule has 1 unspecified atom stereocenters. The van der Waals surface area contributed by atoms with Crippen LogP contribution in [0.3, 0.4) is 0 Å². The number of nitrogens with zero attached hydrogens (tertiary/aromatic N) is 2. The molecule has 0 aromatic carbocycles. The first-order valence-electron chi connectivity index (χ1n) is 5.66. The molecule has 1 aromatic rings. The van der Waals surface area contributed by atoms with Crippen LogP contribution in [0.1, 0.15) is 24.8 Å². The van der Waals surface area contributed by atoms with E-state index in [2.05, 4.69) is 22.3 Å². The molecule has 15 heavy (non-hydrogen) atoms. The fraction of sp³-hybridized carbons (Fsp3) is 0.727. The Morgan fingerprint density at radius 2 is 2.53 bits per heavy atom. The lowest BCUT2D eigenvalue weighted by Crippen LogP contribution is -2.49. The normalized spacial score (nSPS) is 23.2. The van der Waals surface area contributed by atoms with Gasteiger partial charge >= 0.3 is 0 Å². The minimum atomic E-state index is 0.628. The second kappa shape index (κ2) is 4.77. The summed E-state index contributed by atoms with van der Waals surface area (Å²) in [4.78, 5) is 2.42. The fourth-order valence-corrected chi connectivity index (χ4v) is 2.02. The summed E-state index contributed by atoms with van der Waals surface area (Å²) in [6, 6.07) is 2.64. The standard InChI is InChI=1S/C11H19N3O/c1-3-10-7-14(5-4-12-10)8-11-6-9(2)13-15-11/h6,10,12H,3-5,7-8H2,1-2H3. The second-order valence-electron chi connectivity index (χ2n) is 4.23. The van der Waals surface area contributed by atoms with Gasteiger partial charge in [-0.15, -0.1) is 0 Å². The third kappa shape index (κ3) is 2.79. The maximum Gasteiger partial charge on any atom is 0.150 e. The van der Waals surface area contributed by atoms with Gasteiger partial charge in [-0.1, -0.05) is 12.1 Å². The molecule has 2 heterocycles. The Bertz CT molecular complexity index is 311. The van der Waals surface area contributed by atoms with Crippen LogP contribution < -0.4 is 5.32 Å². The van der Waals surface area contributed by atoms with Crippen molar-refractivity contribution in [1.29, 1.82) is 0 Å². The summed E-state index contributed by atoms with van der Waals surface area (Å²) in [5, 5.41) is 7.41. The minimum absolute atomic E-state index is 0.628. The molecule has 1 aliphatic heterocycles. The van der Waals surface area contributed by atoms with E-state index in [-0.39, 0.29) is 0 Å². The van der Waals surface area contributed by atoms with Crippen LogP contribution in [-0.2, 0) is 6.54 Å². The van der Waals surface area contributed by atoms with Crippen molar-refractivity contribution in [3.05, 3.63) is 17.5 Å². The van der Waals surface area contributed by atoms with E-state index in [1.54, 1.807) is 0 Å². The van der Waals surface area contributed by atoms with E-state index in [9.17, 15) is 0 Å². The lowest BCUT2D eigenvalue weighted by molar-refractivity contribution is 0.172. The van der Waals surface area contributed by atoms with Crippen LogP contribution in [0.5, 0.6) is 0 Å². The van der Waals surface area contributed by atoms with E-state index in [1.165, 1.54) is 6.42 Å².